The van der Waals surface area contributed by atoms with E-state index < -0.39 is 6.36 Å². The van der Waals surface area contributed by atoms with Crippen LogP contribution in [0, 0.1) is 11.8 Å². The number of carbonyl (C=O) groups is 1. The summed E-state index contributed by atoms with van der Waals surface area (Å²) in [6.07, 6.45) is -3.07. The Kier molecular flexibility index (Phi) is 7.54. The Hall–Kier alpha value is -3.92. The highest BCUT2D eigenvalue weighted by atomic mass is 19.4. The van der Waals surface area contributed by atoms with Gasteiger partial charge in [-0.05, 0) is 71.8 Å². The second-order valence-corrected chi connectivity index (χ2v) is 8.43. The molecule has 4 rings (SSSR count). The van der Waals surface area contributed by atoms with Gasteiger partial charge < -0.3 is 14.2 Å². The van der Waals surface area contributed by atoms with Gasteiger partial charge in [0.25, 0.3) is 0 Å². The summed E-state index contributed by atoms with van der Waals surface area (Å²) < 4.78 is 52.8. The van der Waals surface area contributed by atoms with Gasteiger partial charge in [0.05, 0.1) is 19.4 Å². The summed E-state index contributed by atoms with van der Waals surface area (Å²) in [5.74, 6) is 5.81. The van der Waals surface area contributed by atoms with Crippen molar-refractivity contribution in [3.63, 3.8) is 0 Å². The van der Waals surface area contributed by atoms with Gasteiger partial charge in [-0.3, -0.25) is 4.79 Å². The number of esters is 1. The number of ether oxygens (including phenoxy) is 3. The SMILES string of the molecule is CC#CC(CC(=O)OC)c1ccc(OC2CCc3cc(-c4cccc(OC(F)(F)F)c4)ccc32)cc1. The van der Waals surface area contributed by atoms with Crippen molar-refractivity contribution < 1.29 is 32.2 Å². The van der Waals surface area contributed by atoms with Crippen molar-refractivity contribution in [1.82, 2.24) is 0 Å². The van der Waals surface area contributed by atoms with Crippen molar-refractivity contribution in [3.05, 3.63) is 83.4 Å². The predicted molar refractivity (Wildman–Crippen MR) is 130 cm³/mol. The zero-order chi connectivity index (χ0) is 25.7. The van der Waals surface area contributed by atoms with Crippen LogP contribution in [0.4, 0.5) is 13.2 Å². The van der Waals surface area contributed by atoms with Crippen molar-refractivity contribution >= 4 is 5.97 Å². The molecule has 0 saturated heterocycles. The molecule has 3 aromatic carbocycles. The first-order valence-corrected chi connectivity index (χ1v) is 11.5. The predicted octanol–water partition coefficient (Wildman–Crippen LogP) is 6.99. The molecule has 0 heterocycles. The Bertz CT molecular complexity index is 1290. The number of fused-ring (bicyclic) bond motifs is 1. The molecule has 0 spiro atoms. The molecule has 0 aliphatic heterocycles. The van der Waals surface area contributed by atoms with E-state index in [0.717, 1.165) is 35.1 Å². The molecule has 0 amide bonds. The third kappa shape index (κ3) is 6.19. The third-order valence-corrected chi connectivity index (χ3v) is 6.04. The first-order chi connectivity index (χ1) is 17.3. The van der Waals surface area contributed by atoms with Crippen LogP contribution in [0.3, 0.4) is 0 Å². The lowest BCUT2D eigenvalue weighted by molar-refractivity contribution is -0.274. The van der Waals surface area contributed by atoms with Crippen LogP contribution in [0.2, 0.25) is 0 Å². The lowest BCUT2D eigenvalue weighted by Gasteiger charge is -2.17. The standard InChI is InChI=1S/C29H25F3O4/c1-3-5-20(18-28(33)34-2)19-8-12-24(13-9-19)35-27-15-11-23-16-22(10-14-26(23)27)21-6-4-7-25(17-21)36-29(30,31)32/h4,6-10,12-14,16-17,20,27H,11,15,18H2,1-2H3. The van der Waals surface area contributed by atoms with E-state index in [1.807, 2.05) is 42.5 Å². The number of methoxy groups -OCH3 is 1. The molecule has 0 N–H and O–H groups in total. The number of aryl methyl sites for hydroxylation is 1. The fourth-order valence-electron chi connectivity index (χ4n) is 4.37. The molecule has 0 aromatic heterocycles. The van der Waals surface area contributed by atoms with E-state index in [1.165, 1.54) is 19.2 Å². The van der Waals surface area contributed by atoms with E-state index in [2.05, 4.69) is 16.6 Å². The number of halogens is 3. The number of alkyl halides is 3. The monoisotopic (exact) mass is 494 g/mol. The lowest BCUT2D eigenvalue weighted by atomic mass is 9.96. The maximum atomic E-state index is 12.6. The summed E-state index contributed by atoms with van der Waals surface area (Å²) in [6, 6.07) is 19.4. The molecule has 0 saturated carbocycles. The topological polar surface area (TPSA) is 44.8 Å². The quantitative estimate of drug-likeness (QED) is 0.262. The van der Waals surface area contributed by atoms with E-state index in [0.29, 0.717) is 11.3 Å². The molecule has 1 aliphatic rings. The van der Waals surface area contributed by atoms with Gasteiger partial charge in [0, 0.05) is 0 Å². The van der Waals surface area contributed by atoms with Gasteiger partial charge in [0.15, 0.2) is 0 Å². The molecule has 0 radical (unpaired) electrons. The Morgan fingerprint density at radius 3 is 2.47 bits per heavy atom. The summed E-state index contributed by atoms with van der Waals surface area (Å²) in [7, 11) is 1.36. The Morgan fingerprint density at radius 1 is 1.03 bits per heavy atom. The van der Waals surface area contributed by atoms with Gasteiger partial charge >= 0.3 is 12.3 Å². The minimum Gasteiger partial charge on any atom is -0.486 e. The molecular weight excluding hydrogens is 469 g/mol. The van der Waals surface area contributed by atoms with Crippen LogP contribution in [-0.4, -0.2) is 19.4 Å². The normalized spacial score (nSPS) is 15.3. The van der Waals surface area contributed by atoms with E-state index in [-0.39, 0.29) is 30.2 Å². The minimum absolute atomic E-state index is 0.124. The van der Waals surface area contributed by atoms with E-state index in [4.69, 9.17) is 9.47 Å². The summed E-state index contributed by atoms with van der Waals surface area (Å²) in [6.45, 7) is 1.73. The van der Waals surface area contributed by atoms with Crippen LogP contribution in [-0.2, 0) is 16.0 Å². The van der Waals surface area contributed by atoms with Crippen molar-refractivity contribution in [1.29, 1.82) is 0 Å². The molecule has 36 heavy (non-hydrogen) atoms. The number of rotatable bonds is 7. The zero-order valence-electron chi connectivity index (χ0n) is 19.9. The Balaban J connectivity index is 1.47. The average molecular weight is 495 g/mol. The van der Waals surface area contributed by atoms with Crippen LogP contribution in [0.15, 0.2) is 66.7 Å². The summed E-state index contributed by atoms with van der Waals surface area (Å²) in [4.78, 5) is 11.7. The number of carbonyl (C=O) groups excluding carboxylic acids is 1. The number of hydrogen-bond acceptors (Lipinski definition) is 4. The molecule has 0 fully saturated rings. The minimum atomic E-state index is -4.73. The molecular formula is C29H25F3O4. The van der Waals surface area contributed by atoms with Gasteiger partial charge in [-0.2, -0.15) is 0 Å². The molecule has 3 aromatic rings. The van der Waals surface area contributed by atoms with Crippen molar-refractivity contribution in [3.8, 4) is 34.5 Å². The second-order valence-electron chi connectivity index (χ2n) is 8.43. The Labute approximate surface area is 208 Å². The van der Waals surface area contributed by atoms with E-state index in [1.54, 1.807) is 19.1 Å². The van der Waals surface area contributed by atoms with E-state index >= 15 is 0 Å². The fraction of sp³-hybridized carbons (Fsp3) is 0.276. The van der Waals surface area contributed by atoms with Crippen LogP contribution < -0.4 is 9.47 Å². The largest absolute Gasteiger partial charge is 0.573 e. The highest BCUT2D eigenvalue weighted by molar-refractivity contribution is 5.71. The second kappa shape index (κ2) is 10.8. The maximum absolute atomic E-state index is 12.6. The van der Waals surface area contributed by atoms with Crippen molar-refractivity contribution in [2.45, 2.75) is 44.6 Å². The molecule has 2 unspecified atom stereocenters. The molecule has 1 aliphatic carbocycles. The lowest BCUT2D eigenvalue weighted by Crippen LogP contribution is -2.17. The molecule has 7 heteroatoms. The highest BCUT2D eigenvalue weighted by Crippen LogP contribution is 2.38. The van der Waals surface area contributed by atoms with Crippen molar-refractivity contribution in [2.24, 2.45) is 0 Å². The van der Waals surface area contributed by atoms with Crippen molar-refractivity contribution in [2.75, 3.05) is 7.11 Å². The van der Waals surface area contributed by atoms with Gasteiger partial charge in [-0.25, -0.2) is 0 Å². The highest BCUT2D eigenvalue weighted by Gasteiger charge is 2.31. The van der Waals surface area contributed by atoms with Gasteiger partial charge in [0.2, 0.25) is 0 Å². The van der Waals surface area contributed by atoms with Crippen LogP contribution in [0.5, 0.6) is 11.5 Å². The molecule has 2 atom stereocenters. The summed E-state index contributed by atoms with van der Waals surface area (Å²) in [5.41, 5.74) is 4.55. The van der Waals surface area contributed by atoms with Gasteiger partial charge in [-0.1, -0.05) is 48.4 Å². The summed E-state index contributed by atoms with van der Waals surface area (Å²) in [5, 5.41) is 0. The smallest absolute Gasteiger partial charge is 0.486 e. The van der Waals surface area contributed by atoms with E-state index in [9.17, 15) is 18.0 Å². The average Bonchev–Trinajstić information content (AvgIpc) is 3.25. The van der Waals surface area contributed by atoms with Crippen LogP contribution in [0.25, 0.3) is 11.1 Å². The zero-order valence-corrected chi connectivity index (χ0v) is 19.9. The Morgan fingerprint density at radius 2 is 1.78 bits per heavy atom. The molecule has 186 valence electrons. The molecule has 0 bridgehead atoms. The van der Waals surface area contributed by atoms with Gasteiger partial charge in [-0.15, -0.1) is 19.1 Å². The third-order valence-electron chi connectivity index (χ3n) is 6.04. The first kappa shape index (κ1) is 25.2. The number of benzene rings is 3. The molecule has 4 nitrogen and oxygen atoms in total. The van der Waals surface area contributed by atoms with Crippen LogP contribution in [0.1, 0.15) is 48.5 Å². The maximum Gasteiger partial charge on any atom is 0.573 e. The summed E-state index contributed by atoms with van der Waals surface area (Å²) >= 11 is 0. The first-order valence-electron chi connectivity index (χ1n) is 11.5. The van der Waals surface area contributed by atoms with Crippen LogP contribution >= 0.6 is 0 Å². The fourth-order valence-corrected chi connectivity index (χ4v) is 4.37. The van der Waals surface area contributed by atoms with Gasteiger partial charge in [0.1, 0.15) is 17.6 Å². The number of hydrogen-bond donors (Lipinski definition) is 0.